The lowest BCUT2D eigenvalue weighted by Gasteiger charge is -2.25. The van der Waals surface area contributed by atoms with Crippen molar-refractivity contribution < 1.29 is 14.1 Å². The topological polar surface area (TPSA) is 120 Å². The number of nitrogens with zero attached hydrogens (tertiary/aromatic N) is 4. The van der Waals surface area contributed by atoms with Crippen LogP contribution in [-0.4, -0.2) is 50.7 Å². The largest absolute Gasteiger partial charge is 0.598 e. The molecular weight excluding hydrogens is 452 g/mol. The summed E-state index contributed by atoms with van der Waals surface area (Å²) in [4.78, 5) is 23.2. The quantitative estimate of drug-likeness (QED) is 0.367. The number of carbonyl (C=O) groups excluding carboxylic acids is 1. The first-order chi connectivity index (χ1) is 16.4. The number of amides is 1. The van der Waals surface area contributed by atoms with Gasteiger partial charge in [0, 0.05) is 37.4 Å². The van der Waals surface area contributed by atoms with E-state index in [2.05, 4.69) is 40.4 Å². The summed E-state index contributed by atoms with van der Waals surface area (Å²) in [6.45, 7) is 5.18. The van der Waals surface area contributed by atoms with Crippen molar-refractivity contribution in [2.75, 3.05) is 41.9 Å². The van der Waals surface area contributed by atoms with Gasteiger partial charge in [-0.05, 0) is 36.3 Å². The van der Waals surface area contributed by atoms with E-state index in [1.807, 2.05) is 15.3 Å². The molecular formula is C24H34N6O3S. The third-order valence-corrected chi connectivity index (χ3v) is 7.05. The van der Waals surface area contributed by atoms with Crippen LogP contribution >= 0.6 is 0 Å². The lowest BCUT2D eigenvalue weighted by atomic mass is 10.1. The molecule has 0 spiro atoms. The number of hydrogen-bond donors (Lipinski definition) is 2. The second-order valence-corrected chi connectivity index (χ2v) is 10.4. The zero-order valence-electron chi connectivity index (χ0n) is 20.0. The number of nitrogen functional groups attached to an aromatic ring is 1. The predicted octanol–water partition coefficient (Wildman–Crippen LogP) is 3.09. The summed E-state index contributed by atoms with van der Waals surface area (Å²) in [5, 5.41) is 2.85. The van der Waals surface area contributed by atoms with Crippen LogP contribution in [0.1, 0.15) is 50.2 Å². The standard InChI is InChI=1S/C24H34N6O3S/c1-3-4-12-33-24-27-22(25)21-23(28-24)29(11-10-20(31)26-21)14-18-6-5-7-19(13-18)16-30(34(2)32)15-17-8-9-17/h5-7,13,17H,3-4,8-12,14-16H2,1-2H3,(H,26,31)(H2,25,27,28). The normalized spacial score (nSPS) is 16.7. The van der Waals surface area contributed by atoms with Crippen LogP contribution in [0.3, 0.4) is 0 Å². The van der Waals surface area contributed by atoms with Crippen LogP contribution in [0.25, 0.3) is 0 Å². The number of carbonyl (C=O) groups is 1. The fourth-order valence-electron chi connectivity index (χ4n) is 3.96. The number of rotatable bonds is 11. The van der Waals surface area contributed by atoms with E-state index in [-0.39, 0.29) is 17.7 Å². The highest BCUT2D eigenvalue weighted by molar-refractivity contribution is 7.88. The molecule has 4 rings (SSSR count). The molecule has 184 valence electrons. The molecule has 2 aliphatic rings. The lowest BCUT2D eigenvalue weighted by Crippen LogP contribution is -2.31. The minimum atomic E-state index is -1.01. The molecule has 1 aromatic carbocycles. The van der Waals surface area contributed by atoms with Gasteiger partial charge in [-0.3, -0.25) is 4.79 Å². The summed E-state index contributed by atoms with van der Waals surface area (Å²) in [5.41, 5.74) is 8.80. The van der Waals surface area contributed by atoms with E-state index in [4.69, 9.17) is 10.5 Å². The fourth-order valence-corrected chi connectivity index (χ4v) is 4.72. The van der Waals surface area contributed by atoms with E-state index in [9.17, 15) is 9.35 Å². The summed E-state index contributed by atoms with van der Waals surface area (Å²) in [7, 11) is 0. The van der Waals surface area contributed by atoms with Crippen molar-refractivity contribution in [2.24, 2.45) is 5.92 Å². The van der Waals surface area contributed by atoms with Crippen molar-refractivity contribution in [1.29, 1.82) is 0 Å². The van der Waals surface area contributed by atoms with Crippen LogP contribution in [0, 0.1) is 5.92 Å². The molecule has 1 atom stereocenters. The van der Waals surface area contributed by atoms with Gasteiger partial charge in [0.1, 0.15) is 11.9 Å². The van der Waals surface area contributed by atoms with Crippen molar-refractivity contribution in [3.8, 4) is 6.01 Å². The predicted molar refractivity (Wildman–Crippen MR) is 135 cm³/mol. The third-order valence-electron chi connectivity index (χ3n) is 6.05. The summed E-state index contributed by atoms with van der Waals surface area (Å²) >= 11 is -1.01. The minimum Gasteiger partial charge on any atom is -0.598 e. The highest BCUT2D eigenvalue weighted by Gasteiger charge is 2.29. The van der Waals surface area contributed by atoms with Crippen molar-refractivity contribution in [3.63, 3.8) is 0 Å². The average Bonchev–Trinajstić information content (AvgIpc) is 3.63. The first-order valence-electron chi connectivity index (χ1n) is 11.9. The van der Waals surface area contributed by atoms with Gasteiger partial charge in [0.15, 0.2) is 11.6 Å². The van der Waals surface area contributed by atoms with Crippen molar-refractivity contribution >= 4 is 34.6 Å². The molecule has 1 saturated carbocycles. The van der Waals surface area contributed by atoms with E-state index in [0.29, 0.717) is 50.1 Å². The number of fused-ring (bicyclic) bond motifs is 1. The van der Waals surface area contributed by atoms with Crippen LogP contribution in [-0.2, 0) is 29.2 Å². The van der Waals surface area contributed by atoms with E-state index >= 15 is 0 Å². The SMILES string of the molecule is CCCCOc1nc(N)c2c(n1)N(Cc1cccc(CN(CC3CC3)[S+](C)[O-])c1)CCC(=O)N2. The molecule has 3 N–H and O–H groups in total. The Kier molecular flexibility index (Phi) is 8.12. The van der Waals surface area contributed by atoms with Gasteiger partial charge < -0.3 is 25.2 Å². The van der Waals surface area contributed by atoms with Gasteiger partial charge in [-0.25, -0.2) is 0 Å². The van der Waals surface area contributed by atoms with Gasteiger partial charge in [-0.15, -0.1) is 4.31 Å². The molecule has 9 nitrogen and oxygen atoms in total. The molecule has 1 aromatic heterocycles. The molecule has 0 saturated heterocycles. The molecule has 2 heterocycles. The average molecular weight is 487 g/mol. The zero-order valence-corrected chi connectivity index (χ0v) is 20.8. The van der Waals surface area contributed by atoms with Crippen LogP contribution in [0.15, 0.2) is 24.3 Å². The molecule has 1 unspecified atom stereocenters. The Morgan fingerprint density at radius 3 is 2.85 bits per heavy atom. The number of benzene rings is 1. The molecule has 34 heavy (non-hydrogen) atoms. The first-order valence-corrected chi connectivity index (χ1v) is 13.5. The Balaban J connectivity index is 1.54. The number of ether oxygens (including phenoxy) is 1. The Hall–Kier alpha value is -2.56. The highest BCUT2D eigenvalue weighted by atomic mass is 32.2. The van der Waals surface area contributed by atoms with Gasteiger partial charge in [-0.2, -0.15) is 9.97 Å². The summed E-state index contributed by atoms with van der Waals surface area (Å²) in [6.07, 6.45) is 6.42. The Morgan fingerprint density at radius 1 is 1.32 bits per heavy atom. The molecule has 1 fully saturated rings. The van der Waals surface area contributed by atoms with Gasteiger partial charge in [0.2, 0.25) is 5.91 Å². The maximum absolute atomic E-state index is 12.3. The van der Waals surface area contributed by atoms with E-state index in [1.165, 1.54) is 12.8 Å². The van der Waals surface area contributed by atoms with Gasteiger partial charge >= 0.3 is 6.01 Å². The molecule has 1 aliphatic heterocycles. The number of anilines is 3. The number of unbranched alkanes of at least 4 members (excludes halogenated alkanes) is 1. The van der Waals surface area contributed by atoms with E-state index in [0.717, 1.165) is 30.5 Å². The molecule has 2 aromatic rings. The Morgan fingerprint density at radius 2 is 2.12 bits per heavy atom. The van der Waals surface area contributed by atoms with E-state index < -0.39 is 11.4 Å². The van der Waals surface area contributed by atoms with Crippen LogP contribution in [0.5, 0.6) is 6.01 Å². The third kappa shape index (κ3) is 6.52. The lowest BCUT2D eigenvalue weighted by molar-refractivity contribution is -0.115. The van der Waals surface area contributed by atoms with Gasteiger partial charge in [-0.1, -0.05) is 37.6 Å². The number of hydrogen-bond acceptors (Lipinski definition) is 8. The molecule has 1 aliphatic carbocycles. The Labute approximate surface area is 204 Å². The van der Waals surface area contributed by atoms with Crippen molar-refractivity contribution in [3.05, 3.63) is 35.4 Å². The minimum absolute atomic E-state index is 0.117. The monoisotopic (exact) mass is 486 g/mol. The van der Waals surface area contributed by atoms with Crippen LogP contribution < -0.4 is 20.7 Å². The van der Waals surface area contributed by atoms with E-state index in [1.54, 1.807) is 6.26 Å². The maximum atomic E-state index is 12.3. The molecule has 10 heteroatoms. The number of aromatic nitrogens is 2. The summed E-state index contributed by atoms with van der Waals surface area (Å²) in [6, 6.07) is 8.50. The molecule has 0 bridgehead atoms. The van der Waals surface area contributed by atoms with Crippen LogP contribution in [0.4, 0.5) is 17.3 Å². The second-order valence-electron chi connectivity index (χ2n) is 9.02. The first kappa shape index (κ1) is 24.6. The van der Waals surface area contributed by atoms with Gasteiger partial charge in [0.25, 0.3) is 0 Å². The van der Waals surface area contributed by atoms with Crippen molar-refractivity contribution in [1.82, 2.24) is 14.3 Å². The fraction of sp³-hybridized carbons (Fsp3) is 0.542. The highest BCUT2D eigenvalue weighted by Crippen LogP contribution is 2.34. The number of nitrogens with two attached hydrogens (primary N) is 1. The molecule has 1 amide bonds. The van der Waals surface area contributed by atoms with Crippen LogP contribution in [0.2, 0.25) is 0 Å². The summed E-state index contributed by atoms with van der Waals surface area (Å²) in [5.74, 6) is 1.32. The second kappa shape index (κ2) is 11.2. The zero-order chi connectivity index (χ0) is 24.1. The van der Waals surface area contributed by atoms with Crippen molar-refractivity contribution in [2.45, 2.75) is 52.1 Å². The molecule has 0 radical (unpaired) electrons. The summed E-state index contributed by atoms with van der Waals surface area (Å²) < 4.78 is 20.0. The smallest absolute Gasteiger partial charge is 0.320 e. The maximum Gasteiger partial charge on any atom is 0.320 e. The Bertz CT molecular complexity index is 1000. The van der Waals surface area contributed by atoms with Gasteiger partial charge in [0.05, 0.1) is 13.2 Å². The number of nitrogens with one attached hydrogen (secondary N) is 1.